The van der Waals surface area contributed by atoms with E-state index in [1.54, 1.807) is 0 Å². The Balaban J connectivity index is 2.28. The maximum atomic E-state index is 5.77. The molecule has 1 heterocycles. The van der Waals surface area contributed by atoms with Crippen LogP contribution in [0.15, 0.2) is 0 Å². The van der Waals surface area contributed by atoms with Gasteiger partial charge in [0.15, 0.2) is 0 Å². The van der Waals surface area contributed by atoms with E-state index in [1.165, 1.54) is 0 Å². The summed E-state index contributed by atoms with van der Waals surface area (Å²) >= 11 is 5.77. The van der Waals surface area contributed by atoms with Crippen molar-refractivity contribution in [2.45, 2.75) is 31.8 Å². The number of ether oxygens (including phenoxy) is 1. The Morgan fingerprint density at radius 3 is 2.82 bits per heavy atom. The largest absolute Gasteiger partial charge is 0.380 e. The highest BCUT2D eigenvalue weighted by Crippen LogP contribution is 2.11. The van der Waals surface area contributed by atoms with Gasteiger partial charge in [-0.25, -0.2) is 0 Å². The minimum atomic E-state index is 0.0416. The van der Waals surface area contributed by atoms with E-state index in [0.29, 0.717) is 11.9 Å². The second-order valence-corrected chi connectivity index (χ2v) is 3.99. The molecule has 1 saturated heterocycles. The van der Waals surface area contributed by atoms with Gasteiger partial charge in [0.2, 0.25) is 0 Å². The highest BCUT2D eigenvalue weighted by Gasteiger charge is 2.23. The molecule has 2 nitrogen and oxygen atoms in total. The van der Waals surface area contributed by atoms with E-state index in [1.807, 2.05) is 0 Å². The van der Waals surface area contributed by atoms with Crippen molar-refractivity contribution in [3.63, 3.8) is 0 Å². The molecule has 0 spiro atoms. The van der Waals surface area contributed by atoms with Crippen LogP contribution in [0.5, 0.6) is 0 Å². The first-order valence-corrected chi connectivity index (χ1v) is 4.59. The molecule has 0 aromatic carbocycles. The highest BCUT2D eigenvalue weighted by molar-refractivity contribution is 6.18. The predicted octanol–water partition coefficient (Wildman–Crippen LogP) is 1.38. The fourth-order valence-corrected chi connectivity index (χ4v) is 1.32. The van der Waals surface area contributed by atoms with E-state index >= 15 is 0 Å². The summed E-state index contributed by atoms with van der Waals surface area (Å²) in [5, 5.41) is 3.45. The Hall–Kier alpha value is 0.210. The summed E-state index contributed by atoms with van der Waals surface area (Å²) in [5.41, 5.74) is 0.0416. The van der Waals surface area contributed by atoms with Crippen molar-refractivity contribution in [2.24, 2.45) is 0 Å². The van der Waals surface area contributed by atoms with Crippen LogP contribution in [0.1, 0.15) is 20.3 Å². The Morgan fingerprint density at radius 2 is 2.36 bits per heavy atom. The Morgan fingerprint density at radius 1 is 1.64 bits per heavy atom. The van der Waals surface area contributed by atoms with Gasteiger partial charge >= 0.3 is 0 Å². The van der Waals surface area contributed by atoms with Crippen molar-refractivity contribution < 1.29 is 4.74 Å². The molecule has 0 aromatic heterocycles. The number of alkyl halides is 1. The topological polar surface area (TPSA) is 21.3 Å². The van der Waals surface area contributed by atoms with Gasteiger partial charge in [0, 0.05) is 24.1 Å². The van der Waals surface area contributed by atoms with Gasteiger partial charge in [0.25, 0.3) is 0 Å². The van der Waals surface area contributed by atoms with Gasteiger partial charge in [-0.1, -0.05) is 0 Å². The Bertz CT molecular complexity index is 121. The van der Waals surface area contributed by atoms with E-state index in [2.05, 4.69) is 19.2 Å². The van der Waals surface area contributed by atoms with E-state index < -0.39 is 0 Å². The second-order valence-electron chi connectivity index (χ2n) is 3.72. The standard InChI is InChI=1S/C8H16ClNO/c1-8(2,6-9)10-7-3-4-11-5-7/h7,10H,3-6H2,1-2H3. The van der Waals surface area contributed by atoms with Crippen LogP contribution >= 0.6 is 11.6 Å². The van der Waals surface area contributed by atoms with Gasteiger partial charge < -0.3 is 10.1 Å². The third-order valence-electron chi connectivity index (χ3n) is 1.86. The molecule has 0 aromatic rings. The monoisotopic (exact) mass is 177 g/mol. The third kappa shape index (κ3) is 2.97. The van der Waals surface area contributed by atoms with Gasteiger partial charge in [-0.05, 0) is 20.3 Å². The van der Waals surface area contributed by atoms with Crippen LogP contribution in [-0.2, 0) is 4.74 Å². The van der Waals surface area contributed by atoms with Crippen LogP contribution in [0.2, 0.25) is 0 Å². The molecular formula is C8H16ClNO. The van der Waals surface area contributed by atoms with Crippen LogP contribution in [0.4, 0.5) is 0 Å². The Kier molecular flexibility index (Phi) is 3.16. The van der Waals surface area contributed by atoms with Crippen molar-refractivity contribution in [3.05, 3.63) is 0 Å². The van der Waals surface area contributed by atoms with E-state index in [-0.39, 0.29) is 5.54 Å². The van der Waals surface area contributed by atoms with E-state index in [9.17, 15) is 0 Å². The smallest absolute Gasteiger partial charge is 0.0620 e. The Labute approximate surface area is 73.3 Å². The zero-order chi connectivity index (χ0) is 8.32. The number of halogens is 1. The van der Waals surface area contributed by atoms with Crippen LogP contribution in [0, 0.1) is 0 Å². The molecule has 1 unspecified atom stereocenters. The highest BCUT2D eigenvalue weighted by atomic mass is 35.5. The maximum Gasteiger partial charge on any atom is 0.0620 e. The lowest BCUT2D eigenvalue weighted by atomic mass is 10.1. The molecule has 1 atom stereocenters. The quantitative estimate of drug-likeness (QED) is 0.658. The predicted molar refractivity (Wildman–Crippen MR) is 47.2 cm³/mol. The van der Waals surface area contributed by atoms with Crippen LogP contribution < -0.4 is 5.32 Å². The van der Waals surface area contributed by atoms with Gasteiger partial charge in [-0.3, -0.25) is 0 Å². The third-order valence-corrected chi connectivity index (χ3v) is 2.53. The van der Waals surface area contributed by atoms with E-state index in [4.69, 9.17) is 16.3 Å². The number of hydrogen-bond acceptors (Lipinski definition) is 2. The maximum absolute atomic E-state index is 5.77. The summed E-state index contributed by atoms with van der Waals surface area (Å²) in [6.45, 7) is 5.94. The molecule has 0 aliphatic carbocycles. The molecule has 0 radical (unpaired) electrons. The van der Waals surface area contributed by atoms with Crippen LogP contribution in [0.25, 0.3) is 0 Å². The second kappa shape index (κ2) is 3.74. The first kappa shape index (κ1) is 9.30. The number of nitrogens with one attached hydrogen (secondary N) is 1. The average molecular weight is 178 g/mol. The van der Waals surface area contributed by atoms with Gasteiger partial charge in [-0.15, -0.1) is 11.6 Å². The van der Waals surface area contributed by atoms with Gasteiger partial charge in [-0.2, -0.15) is 0 Å². The lowest BCUT2D eigenvalue weighted by molar-refractivity contribution is 0.185. The normalized spacial score (nSPS) is 25.9. The summed E-state index contributed by atoms with van der Waals surface area (Å²) in [7, 11) is 0. The molecule has 3 heteroatoms. The SMILES string of the molecule is CC(C)(CCl)NC1CCOC1. The lowest BCUT2D eigenvalue weighted by Crippen LogP contribution is -2.47. The average Bonchev–Trinajstić information content (AvgIpc) is 2.39. The first-order valence-electron chi connectivity index (χ1n) is 4.05. The molecule has 0 saturated carbocycles. The molecule has 1 rings (SSSR count). The molecular weight excluding hydrogens is 162 g/mol. The molecule has 1 N–H and O–H groups in total. The molecule has 11 heavy (non-hydrogen) atoms. The zero-order valence-corrected chi connectivity index (χ0v) is 7.95. The number of rotatable bonds is 3. The molecule has 1 aliphatic heterocycles. The minimum Gasteiger partial charge on any atom is -0.380 e. The first-order chi connectivity index (χ1) is 5.14. The molecule has 1 fully saturated rings. The summed E-state index contributed by atoms with van der Waals surface area (Å²) in [6, 6.07) is 0.503. The lowest BCUT2D eigenvalue weighted by Gasteiger charge is -2.26. The molecule has 66 valence electrons. The molecule has 0 amide bonds. The summed E-state index contributed by atoms with van der Waals surface area (Å²) in [4.78, 5) is 0. The molecule has 1 aliphatic rings. The fraction of sp³-hybridized carbons (Fsp3) is 1.00. The summed E-state index contributed by atoms with van der Waals surface area (Å²) in [6.07, 6.45) is 1.11. The fourth-order valence-electron chi connectivity index (χ4n) is 1.24. The van der Waals surface area contributed by atoms with Crippen LogP contribution in [0.3, 0.4) is 0 Å². The number of hydrogen-bond donors (Lipinski definition) is 1. The summed E-state index contributed by atoms with van der Waals surface area (Å²) < 4.78 is 5.24. The van der Waals surface area contributed by atoms with Crippen molar-refractivity contribution >= 4 is 11.6 Å². The van der Waals surface area contributed by atoms with Crippen molar-refractivity contribution in [1.82, 2.24) is 5.32 Å². The van der Waals surface area contributed by atoms with Gasteiger partial charge in [0.1, 0.15) is 0 Å². The van der Waals surface area contributed by atoms with Crippen molar-refractivity contribution in [2.75, 3.05) is 19.1 Å². The van der Waals surface area contributed by atoms with Crippen molar-refractivity contribution in [1.29, 1.82) is 0 Å². The van der Waals surface area contributed by atoms with E-state index in [0.717, 1.165) is 19.6 Å². The van der Waals surface area contributed by atoms with Gasteiger partial charge in [0.05, 0.1) is 6.61 Å². The molecule has 0 bridgehead atoms. The minimum absolute atomic E-state index is 0.0416. The van der Waals surface area contributed by atoms with Crippen molar-refractivity contribution in [3.8, 4) is 0 Å². The van der Waals surface area contributed by atoms with Crippen LogP contribution in [-0.4, -0.2) is 30.7 Å². The zero-order valence-electron chi connectivity index (χ0n) is 7.19. The summed E-state index contributed by atoms with van der Waals surface area (Å²) in [5.74, 6) is 0.642.